The second-order valence-electron chi connectivity index (χ2n) is 7.26. The Morgan fingerprint density at radius 2 is 1.69 bits per heavy atom. The molecule has 0 aliphatic heterocycles. The van der Waals surface area contributed by atoms with Crippen molar-refractivity contribution in [3.05, 3.63) is 63.7 Å². The first-order chi connectivity index (χ1) is 11.9. The molecule has 0 fully saturated rings. The van der Waals surface area contributed by atoms with Crippen LogP contribution in [0.2, 0.25) is 0 Å². The Labute approximate surface area is 154 Å². The van der Waals surface area contributed by atoms with Crippen LogP contribution in [-0.2, 0) is 15.3 Å². The first kappa shape index (κ1) is 19.9. The minimum Gasteiger partial charge on any atom is -0.368 e. The van der Waals surface area contributed by atoms with Gasteiger partial charge in [-0.05, 0) is 24.6 Å². The molecule has 0 bridgehead atoms. The quantitative estimate of drug-likeness (QED) is 0.567. The van der Waals surface area contributed by atoms with Crippen molar-refractivity contribution in [2.75, 3.05) is 24.7 Å². The molecule has 0 heterocycles. The summed E-state index contributed by atoms with van der Waals surface area (Å²) >= 11 is 0. The van der Waals surface area contributed by atoms with E-state index in [-0.39, 0.29) is 21.7 Å². The highest BCUT2D eigenvalue weighted by atomic mass is 32.2. The molecule has 0 atom stereocenters. The molecule has 0 aromatic heterocycles. The van der Waals surface area contributed by atoms with Gasteiger partial charge in [0.25, 0.3) is 0 Å². The van der Waals surface area contributed by atoms with E-state index < -0.39 is 14.8 Å². The van der Waals surface area contributed by atoms with Crippen LogP contribution in [0, 0.1) is 17.0 Å². The van der Waals surface area contributed by atoms with Crippen molar-refractivity contribution in [1.82, 2.24) is 0 Å². The van der Waals surface area contributed by atoms with Crippen molar-refractivity contribution in [3.8, 4) is 0 Å². The molecule has 0 aliphatic carbocycles. The molecule has 0 amide bonds. The van der Waals surface area contributed by atoms with Gasteiger partial charge in [0.1, 0.15) is 10.6 Å². The largest absolute Gasteiger partial charge is 0.368 e. The van der Waals surface area contributed by atoms with Gasteiger partial charge in [-0.3, -0.25) is 10.1 Å². The number of rotatable bonds is 6. The first-order valence-corrected chi connectivity index (χ1v) is 10.1. The zero-order chi connectivity index (χ0) is 19.7. The Morgan fingerprint density at radius 1 is 1.12 bits per heavy atom. The molecule has 0 spiro atoms. The summed E-state index contributed by atoms with van der Waals surface area (Å²) in [6.45, 7) is 6.62. The minimum absolute atomic E-state index is 0.264. The van der Waals surface area contributed by atoms with Crippen LogP contribution in [-0.4, -0.2) is 33.2 Å². The Kier molecular flexibility index (Phi) is 5.41. The number of nitro groups is 1. The molecule has 2 aromatic carbocycles. The van der Waals surface area contributed by atoms with Gasteiger partial charge in [-0.1, -0.05) is 49.7 Å². The topological polar surface area (TPSA) is 80.5 Å². The number of para-hydroxylation sites is 1. The van der Waals surface area contributed by atoms with Gasteiger partial charge in [-0.25, -0.2) is 8.42 Å². The van der Waals surface area contributed by atoms with Gasteiger partial charge in [0, 0.05) is 25.3 Å². The molecule has 7 heteroatoms. The van der Waals surface area contributed by atoms with Crippen LogP contribution < -0.4 is 4.90 Å². The molecule has 2 rings (SSSR count). The molecular weight excluding hydrogens is 352 g/mol. The highest BCUT2D eigenvalue weighted by molar-refractivity contribution is 7.90. The fourth-order valence-electron chi connectivity index (χ4n) is 3.08. The maximum Gasteiger partial charge on any atom is 0.311 e. The standard InChI is InChI=1S/C19H24N2O4S/c1-14-9-11-15(12-10-14)19(2,3)13-20(4)16-7-6-8-17(26(5,24)25)18(16)21(22)23/h6-12H,13H2,1-5H3. The molecule has 0 saturated heterocycles. The molecule has 0 N–H and O–H groups in total. The third-order valence-corrected chi connectivity index (χ3v) is 5.56. The number of likely N-dealkylation sites (N-methyl/N-ethyl adjacent to an activating group) is 1. The molecule has 0 aliphatic rings. The van der Waals surface area contributed by atoms with Gasteiger partial charge in [-0.2, -0.15) is 0 Å². The summed E-state index contributed by atoms with van der Waals surface area (Å²) < 4.78 is 23.9. The molecule has 140 valence electrons. The maximum atomic E-state index is 11.9. The van der Waals surface area contributed by atoms with Crippen molar-refractivity contribution in [2.45, 2.75) is 31.1 Å². The van der Waals surface area contributed by atoms with Crippen LogP contribution in [0.4, 0.5) is 11.4 Å². The summed E-state index contributed by atoms with van der Waals surface area (Å²) in [6, 6.07) is 12.5. The number of aryl methyl sites for hydroxylation is 1. The summed E-state index contributed by atoms with van der Waals surface area (Å²) in [7, 11) is -1.96. The van der Waals surface area contributed by atoms with E-state index in [1.807, 2.05) is 31.2 Å². The van der Waals surface area contributed by atoms with Crippen LogP contribution in [0.5, 0.6) is 0 Å². The third-order valence-electron chi connectivity index (χ3n) is 4.44. The van der Waals surface area contributed by atoms with Gasteiger partial charge in [-0.15, -0.1) is 0 Å². The number of hydrogen-bond donors (Lipinski definition) is 0. The summed E-state index contributed by atoms with van der Waals surface area (Å²) in [4.78, 5) is 12.4. The van der Waals surface area contributed by atoms with Crippen LogP contribution >= 0.6 is 0 Å². The number of nitro benzene ring substituents is 1. The van der Waals surface area contributed by atoms with E-state index in [1.165, 1.54) is 12.1 Å². The lowest BCUT2D eigenvalue weighted by Gasteiger charge is -2.32. The highest BCUT2D eigenvalue weighted by Gasteiger charge is 2.30. The zero-order valence-corrected chi connectivity index (χ0v) is 16.5. The fraction of sp³-hybridized carbons (Fsp3) is 0.368. The normalized spacial score (nSPS) is 12.0. The van der Waals surface area contributed by atoms with E-state index >= 15 is 0 Å². The van der Waals surface area contributed by atoms with Crippen molar-refractivity contribution in [1.29, 1.82) is 0 Å². The van der Waals surface area contributed by atoms with Crippen LogP contribution in [0.25, 0.3) is 0 Å². The Bertz CT molecular complexity index is 919. The summed E-state index contributed by atoms with van der Waals surface area (Å²) in [5, 5.41) is 11.6. The predicted octanol–water partition coefficient (Wildman–Crippen LogP) is 3.72. The van der Waals surface area contributed by atoms with Crippen molar-refractivity contribution in [2.24, 2.45) is 0 Å². The molecule has 6 nitrogen and oxygen atoms in total. The number of benzene rings is 2. The van der Waals surface area contributed by atoms with Crippen molar-refractivity contribution in [3.63, 3.8) is 0 Å². The highest BCUT2D eigenvalue weighted by Crippen LogP contribution is 2.36. The van der Waals surface area contributed by atoms with E-state index in [4.69, 9.17) is 0 Å². The smallest absolute Gasteiger partial charge is 0.311 e. The SMILES string of the molecule is Cc1ccc(C(C)(C)CN(C)c2cccc(S(C)(=O)=O)c2[N+](=O)[O-])cc1. The predicted molar refractivity (Wildman–Crippen MR) is 104 cm³/mol. The molecule has 0 unspecified atom stereocenters. The van der Waals surface area contributed by atoms with Gasteiger partial charge in [0.15, 0.2) is 9.84 Å². The number of nitrogens with zero attached hydrogens (tertiary/aromatic N) is 2. The average Bonchev–Trinajstić information content (AvgIpc) is 2.53. The third kappa shape index (κ3) is 4.22. The molecule has 0 radical (unpaired) electrons. The minimum atomic E-state index is -3.70. The Hall–Kier alpha value is -2.41. The monoisotopic (exact) mass is 376 g/mol. The van der Waals surface area contributed by atoms with E-state index in [0.717, 1.165) is 17.4 Å². The van der Waals surface area contributed by atoms with Gasteiger partial charge in [0.2, 0.25) is 0 Å². The first-order valence-electron chi connectivity index (χ1n) is 8.19. The fourth-order valence-corrected chi connectivity index (χ4v) is 3.93. The van der Waals surface area contributed by atoms with Crippen LogP contribution in [0.1, 0.15) is 25.0 Å². The lowest BCUT2D eigenvalue weighted by atomic mass is 9.83. The summed E-state index contributed by atoms with van der Waals surface area (Å²) in [5.41, 5.74) is 1.90. The molecular formula is C19H24N2O4S. The van der Waals surface area contributed by atoms with Gasteiger partial charge < -0.3 is 4.90 Å². The lowest BCUT2D eigenvalue weighted by molar-refractivity contribution is -0.387. The molecule has 26 heavy (non-hydrogen) atoms. The van der Waals surface area contributed by atoms with E-state index in [1.54, 1.807) is 18.0 Å². The Balaban J connectivity index is 2.45. The lowest BCUT2D eigenvalue weighted by Crippen LogP contribution is -2.35. The molecule has 0 saturated carbocycles. The summed E-state index contributed by atoms with van der Waals surface area (Å²) in [6.07, 6.45) is 0.982. The van der Waals surface area contributed by atoms with Crippen LogP contribution in [0.3, 0.4) is 0 Å². The zero-order valence-electron chi connectivity index (χ0n) is 15.7. The Morgan fingerprint density at radius 3 is 2.19 bits per heavy atom. The second-order valence-corrected chi connectivity index (χ2v) is 9.24. The van der Waals surface area contributed by atoms with Gasteiger partial charge in [0.05, 0.1) is 4.92 Å². The summed E-state index contributed by atoms with van der Waals surface area (Å²) in [5.74, 6) is 0. The van der Waals surface area contributed by atoms with E-state index in [9.17, 15) is 18.5 Å². The van der Waals surface area contributed by atoms with Gasteiger partial charge >= 0.3 is 5.69 Å². The number of anilines is 1. The molecule has 2 aromatic rings. The average molecular weight is 376 g/mol. The van der Waals surface area contributed by atoms with Crippen LogP contribution in [0.15, 0.2) is 47.4 Å². The number of sulfone groups is 1. The maximum absolute atomic E-state index is 11.9. The number of hydrogen-bond acceptors (Lipinski definition) is 5. The second kappa shape index (κ2) is 7.07. The van der Waals surface area contributed by atoms with Crippen molar-refractivity contribution < 1.29 is 13.3 Å². The van der Waals surface area contributed by atoms with Crippen molar-refractivity contribution >= 4 is 21.2 Å². The van der Waals surface area contributed by atoms with E-state index in [0.29, 0.717) is 6.54 Å². The van der Waals surface area contributed by atoms with E-state index in [2.05, 4.69) is 13.8 Å².